The van der Waals surface area contributed by atoms with Crippen LogP contribution >= 0.6 is 0 Å². The van der Waals surface area contributed by atoms with Crippen LogP contribution in [0, 0.1) is 0 Å². The van der Waals surface area contributed by atoms with E-state index in [4.69, 9.17) is 4.98 Å². The molecule has 4 aromatic rings. The third kappa shape index (κ3) is 3.20. The minimum Gasteiger partial charge on any atom is -0.368 e. The maximum atomic E-state index is 13.6. The molecule has 2 atom stereocenters. The van der Waals surface area contributed by atoms with Crippen molar-refractivity contribution >= 4 is 27.4 Å². The first-order valence-corrected chi connectivity index (χ1v) is 11.1. The summed E-state index contributed by atoms with van der Waals surface area (Å²) < 4.78 is 1.95. The Bertz CT molecular complexity index is 1340. The van der Waals surface area contributed by atoms with Crippen LogP contribution in [0.3, 0.4) is 0 Å². The zero-order valence-corrected chi connectivity index (χ0v) is 17.7. The molecule has 1 aliphatic carbocycles. The van der Waals surface area contributed by atoms with Gasteiger partial charge in [0.1, 0.15) is 0 Å². The monoisotopic (exact) mass is 410 g/mol. The van der Waals surface area contributed by atoms with Crippen molar-refractivity contribution in [1.29, 1.82) is 0 Å². The first-order valence-electron chi connectivity index (χ1n) is 11.1. The van der Waals surface area contributed by atoms with Gasteiger partial charge in [0.05, 0.1) is 16.6 Å². The Morgan fingerprint density at radius 1 is 0.871 bits per heavy atom. The molecule has 1 saturated heterocycles. The van der Waals surface area contributed by atoms with E-state index in [1.807, 2.05) is 22.9 Å². The van der Waals surface area contributed by atoms with Crippen LogP contribution in [-0.2, 0) is 0 Å². The van der Waals surface area contributed by atoms with Gasteiger partial charge in [-0.05, 0) is 43.1 Å². The number of rotatable bonds is 3. The van der Waals surface area contributed by atoms with Gasteiger partial charge in [-0.15, -0.1) is 0 Å². The van der Waals surface area contributed by atoms with Gasteiger partial charge < -0.3 is 14.4 Å². The lowest BCUT2D eigenvalue weighted by Gasteiger charge is -2.34. The first-order chi connectivity index (χ1) is 15.2. The zero-order chi connectivity index (χ0) is 20.9. The molecule has 0 amide bonds. The molecule has 2 aliphatic rings. The number of hydrogen-bond acceptors (Lipinski definition) is 4. The SMILES string of the molecule is CN1CCN(c2cccc3ccn([C@@H]4C[C@H]4c4ccc5ccccc5n4)c(=O)c23)CC1. The number of aromatic nitrogens is 2. The highest BCUT2D eigenvalue weighted by molar-refractivity contribution is 5.93. The number of piperazine rings is 1. The summed E-state index contributed by atoms with van der Waals surface area (Å²) >= 11 is 0. The molecule has 5 nitrogen and oxygen atoms in total. The van der Waals surface area contributed by atoms with Crippen molar-refractivity contribution in [3.05, 3.63) is 82.9 Å². The van der Waals surface area contributed by atoms with Crippen LogP contribution in [0.4, 0.5) is 5.69 Å². The van der Waals surface area contributed by atoms with Crippen LogP contribution in [0.15, 0.2) is 71.7 Å². The standard InChI is InChI=1S/C26H26N4O/c1-28-13-15-29(16-14-28)23-8-4-6-19-11-12-30(26(31)25(19)23)24-17-20(24)22-10-9-18-5-2-3-7-21(18)27-22/h2-12,20,24H,13-17H2,1H3/t20-,24+/m0/s1. The number of fused-ring (bicyclic) bond motifs is 2. The number of para-hydroxylation sites is 1. The van der Waals surface area contributed by atoms with Crippen LogP contribution in [0.5, 0.6) is 0 Å². The fourth-order valence-corrected chi connectivity index (χ4v) is 4.95. The molecule has 2 aromatic heterocycles. The van der Waals surface area contributed by atoms with E-state index in [0.717, 1.165) is 65.7 Å². The topological polar surface area (TPSA) is 41.4 Å². The number of benzene rings is 2. The number of nitrogens with zero attached hydrogens (tertiary/aromatic N) is 4. The molecule has 31 heavy (non-hydrogen) atoms. The van der Waals surface area contributed by atoms with Gasteiger partial charge in [0.15, 0.2) is 0 Å². The second kappa shape index (κ2) is 7.20. The third-order valence-electron chi connectivity index (χ3n) is 6.90. The molecule has 0 N–H and O–H groups in total. The Labute approximate surface area is 181 Å². The van der Waals surface area contributed by atoms with Gasteiger partial charge in [0, 0.05) is 55.4 Å². The Morgan fingerprint density at radius 2 is 1.68 bits per heavy atom. The highest BCUT2D eigenvalue weighted by Crippen LogP contribution is 2.50. The maximum Gasteiger partial charge on any atom is 0.260 e. The van der Waals surface area contributed by atoms with Crippen molar-refractivity contribution in [1.82, 2.24) is 14.5 Å². The molecule has 1 aliphatic heterocycles. The van der Waals surface area contributed by atoms with E-state index in [1.54, 1.807) is 0 Å². The van der Waals surface area contributed by atoms with E-state index in [2.05, 4.69) is 65.4 Å². The molecular formula is C26H26N4O. The van der Waals surface area contributed by atoms with E-state index in [1.165, 1.54) is 0 Å². The van der Waals surface area contributed by atoms with Crippen LogP contribution in [0.1, 0.15) is 24.1 Å². The number of hydrogen-bond donors (Lipinski definition) is 0. The lowest BCUT2D eigenvalue weighted by Crippen LogP contribution is -2.44. The predicted molar refractivity (Wildman–Crippen MR) is 126 cm³/mol. The molecule has 0 unspecified atom stereocenters. The minimum atomic E-state index is 0.125. The fourth-order valence-electron chi connectivity index (χ4n) is 4.95. The normalized spacial score (nSPS) is 21.6. The molecule has 2 fully saturated rings. The molecule has 2 aromatic carbocycles. The summed E-state index contributed by atoms with van der Waals surface area (Å²) in [4.78, 5) is 23.2. The van der Waals surface area contributed by atoms with Crippen molar-refractivity contribution in [2.45, 2.75) is 18.4 Å². The molecule has 0 radical (unpaired) electrons. The van der Waals surface area contributed by atoms with Crippen molar-refractivity contribution in [3.63, 3.8) is 0 Å². The van der Waals surface area contributed by atoms with Gasteiger partial charge in [0.25, 0.3) is 5.56 Å². The highest BCUT2D eigenvalue weighted by Gasteiger charge is 2.41. The largest absolute Gasteiger partial charge is 0.368 e. The number of pyridine rings is 2. The van der Waals surface area contributed by atoms with Gasteiger partial charge >= 0.3 is 0 Å². The van der Waals surface area contributed by atoms with E-state index in [0.29, 0.717) is 5.92 Å². The number of likely N-dealkylation sites (N-methyl/N-ethyl adjacent to an activating group) is 1. The molecule has 3 heterocycles. The van der Waals surface area contributed by atoms with Gasteiger partial charge in [-0.1, -0.05) is 36.4 Å². The summed E-state index contributed by atoms with van der Waals surface area (Å²) in [7, 11) is 2.15. The van der Waals surface area contributed by atoms with Gasteiger partial charge in [-0.25, -0.2) is 0 Å². The summed E-state index contributed by atoms with van der Waals surface area (Å²) in [5.74, 6) is 0.301. The second-order valence-corrected chi connectivity index (χ2v) is 8.90. The van der Waals surface area contributed by atoms with Gasteiger partial charge in [-0.3, -0.25) is 9.78 Å². The molecule has 156 valence electrons. The van der Waals surface area contributed by atoms with Crippen molar-refractivity contribution in [2.24, 2.45) is 0 Å². The van der Waals surface area contributed by atoms with Gasteiger partial charge in [-0.2, -0.15) is 0 Å². The molecule has 1 saturated carbocycles. The van der Waals surface area contributed by atoms with Crippen LogP contribution in [0.25, 0.3) is 21.7 Å². The lowest BCUT2D eigenvalue weighted by atomic mass is 10.1. The zero-order valence-electron chi connectivity index (χ0n) is 17.7. The first kappa shape index (κ1) is 18.6. The van der Waals surface area contributed by atoms with Crippen LogP contribution in [-0.4, -0.2) is 47.7 Å². The van der Waals surface area contributed by atoms with E-state index in [-0.39, 0.29) is 11.6 Å². The summed E-state index contributed by atoms with van der Waals surface area (Å²) in [6, 6.07) is 21.0. The van der Waals surface area contributed by atoms with Crippen LogP contribution in [0.2, 0.25) is 0 Å². The predicted octanol–water partition coefficient (Wildman–Crippen LogP) is 4.03. The average Bonchev–Trinajstić information content (AvgIpc) is 3.60. The maximum absolute atomic E-state index is 13.6. The van der Waals surface area contributed by atoms with E-state index < -0.39 is 0 Å². The average molecular weight is 411 g/mol. The Hall–Kier alpha value is -3.18. The Balaban J connectivity index is 1.36. The lowest BCUT2D eigenvalue weighted by molar-refractivity contribution is 0.313. The summed E-state index contributed by atoms with van der Waals surface area (Å²) in [5, 5.41) is 3.04. The van der Waals surface area contributed by atoms with Crippen molar-refractivity contribution in [2.75, 3.05) is 38.1 Å². The number of anilines is 1. The van der Waals surface area contributed by atoms with Gasteiger partial charge in [0.2, 0.25) is 0 Å². The summed E-state index contributed by atoms with van der Waals surface area (Å²) in [6.07, 6.45) is 2.94. The Kier molecular flexibility index (Phi) is 4.32. The molecular weight excluding hydrogens is 384 g/mol. The fraction of sp³-hybridized carbons (Fsp3) is 0.308. The highest BCUT2D eigenvalue weighted by atomic mass is 16.1. The van der Waals surface area contributed by atoms with E-state index in [9.17, 15) is 4.79 Å². The smallest absolute Gasteiger partial charge is 0.260 e. The third-order valence-corrected chi connectivity index (χ3v) is 6.90. The van der Waals surface area contributed by atoms with Crippen molar-refractivity contribution < 1.29 is 0 Å². The molecule has 5 heteroatoms. The molecule has 0 spiro atoms. The van der Waals surface area contributed by atoms with Crippen LogP contribution < -0.4 is 10.5 Å². The molecule has 0 bridgehead atoms. The molecule has 6 rings (SSSR count). The van der Waals surface area contributed by atoms with Crippen molar-refractivity contribution in [3.8, 4) is 0 Å². The summed E-state index contributed by atoms with van der Waals surface area (Å²) in [6.45, 7) is 3.96. The quantitative estimate of drug-likeness (QED) is 0.511. The van der Waals surface area contributed by atoms with E-state index >= 15 is 0 Å². The summed E-state index contributed by atoms with van der Waals surface area (Å²) in [5.41, 5.74) is 3.31. The minimum absolute atomic E-state index is 0.125. The second-order valence-electron chi connectivity index (χ2n) is 8.90. The Morgan fingerprint density at radius 3 is 2.55 bits per heavy atom.